The van der Waals surface area contributed by atoms with Crippen LogP contribution in [0, 0.1) is 12.7 Å². The number of halogens is 1. The molecule has 1 aromatic carbocycles. The van der Waals surface area contributed by atoms with E-state index in [1.165, 1.54) is 6.07 Å². The molecule has 0 saturated heterocycles. The van der Waals surface area contributed by atoms with Crippen LogP contribution < -0.4 is 5.73 Å². The van der Waals surface area contributed by atoms with Crippen molar-refractivity contribution < 1.29 is 4.39 Å². The highest BCUT2D eigenvalue weighted by Gasteiger charge is 2.07. The predicted octanol–water partition coefficient (Wildman–Crippen LogP) is 1.47. The van der Waals surface area contributed by atoms with E-state index in [1.54, 1.807) is 0 Å². The van der Waals surface area contributed by atoms with Gasteiger partial charge in [0.2, 0.25) is 0 Å². The number of aryl methyl sites for hydroxylation is 1. The van der Waals surface area contributed by atoms with Gasteiger partial charge in [-0.2, -0.15) is 5.10 Å². The standard InChI is InChI=1S/C9H10FN3/c1-5-7-2-6(4-11)3-8(10)9(7)13-12-5/h2-3H,4,11H2,1H3,(H,12,13). The number of H-pyrrole nitrogens is 1. The van der Waals surface area contributed by atoms with Crippen LogP contribution >= 0.6 is 0 Å². The minimum atomic E-state index is -0.317. The minimum absolute atomic E-state index is 0.317. The van der Waals surface area contributed by atoms with Crippen LogP contribution in [0.15, 0.2) is 12.1 Å². The number of rotatable bonds is 1. The SMILES string of the molecule is Cc1[nH]nc2c(F)cc(CN)cc12. The maximum absolute atomic E-state index is 13.3. The van der Waals surface area contributed by atoms with E-state index in [2.05, 4.69) is 10.2 Å². The topological polar surface area (TPSA) is 54.7 Å². The molecule has 3 N–H and O–H groups in total. The number of benzene rings is 1. The van der Waals surface area contributed by atoms with Gasteiger partial charge in [0, 0.05) is 17.6 Å². The van der Waals surface area contributed by atoms with Crippen molar-refractivity contribution in [1.82, 2.24) is 10.2 Å². The summed E-state index contributed by atoms with van der Waals surface area (Å²) < 4.78 is 13.3. The van der Waals surface area contributed by atoms with Crippen LogP contribution in [0.25, 0.3) is 10.9 Å². The molecule has 0 aliphatic rings. The Morgan fingerprint density at radius 2 is 2.31 bits per heavy atom. The molecule has 0 atom stereocenters. The number of aromatic amines is 1. The first-order valence-corrected chi connectivity index (χ1v) is 4.05. The molecule has 0 saturated carbocycles. The first-order valence-electron chi connectivity index (χ1n) is 4.05. The van der Waals surface area contributed by atoms with Crippen LogP contribution in [-0.2, 0) is 6.54 Å². The third-order valence-electron chi connectivity index (χ3n) is 2.10. The van der Waals surface area contributed by atoms with E-state index in [9.17, 15) is 4.39 Å². The van der Waals surface area contributed by atoms with Crippen LogP contribution in [0.4, 0.5) is 4.39 Å². The zero-order valence-corrected chi connectivity index (χ0v) is 7.26. The molecule has 0 unspecified atom stereocenters. The number of aromatic nitrogens is 2. The first-order chi connectivity index (χ1) is 6.22. The van der Waals surface area contributed by atoms with Gasteiger partial charge < -0.3 is 5.73 Å². The van der Waals surface area contributed by atoms with Crippen LogP contribution in [0.1, 0.15) is 11.3 Å². The Morgan fingerprint density at radius 1 is 1.54 bits per heavy atom. The molecule has 0 aliphatic heterocycles. The number of hydrogen-bond donors (Lipinski definition) is 2. The lowest BCUT2D eigenvalue weighted by Crippen LogP contribution is -1.96. The van der Waals surface area contributed by atoms with Gasteiger partial charge in [0.1, 0.15) is 5.52 Å². The van der Waals surface area contributed by atoms with E-state index in [-0.39, 0.29) is 5.82 Å². The molecule has 0 spiro atoms. The minimum Gasteiger partial charge on any atom is -0.326 e. The van der Waals surface area contributed by atoms with E-state index in [0.29, 0.717) is 12.1 Å². The van der Waals surface area contributed by atoms with E-state index in [1.807, 2.05) is 13.0 Å². The van der Waals surface area contributed by atoms with Gasteiger partial charge in [0.25, 0.3) is 0 Å². The second kappa shape index (κ2) is 2.81. The normalized spacial score (nSPS) is 11.0. The van der Waals surface area contributed by atoms with Crippen molar-refractivity contribution >= 4 is 10.9 Å². The molecule has 0 aliphatic carbocycles. The average Bonchev–Trinajstić information content (AvgIpc) is 2.48. The molecule has 2 rings (SSSR count). The highest BCUT2D eigenvalue weighted by atomic mass is 19.1. The lowest BCUT2D eigenvalue weighted by atomic mass is 10.1. The largest absolute Gasteiger partial charge is 0.326 e. The molecule has 2 aromatic rings. The van der Waals surface area contributed by atoms with E-state index in [0.717, 1.165) is 16.6 Å². The quantitative estimate of drug-likeness (QED) is 0.696. The molecule has 3 nitrogen and oxygen atoms in total. The van der Waals surface area contributed by atoms with Gasteiger partial charge in [-0.1, -0.05) is 0 Å². The molecule has 13 heavy (non-hydrogen) atoms. The second-order valence-corrected chi connectivity index (χ2v) is 3.03. The van der Waals surface area contributed by atoms with Gasteiger partial charge in [-0.3, -0.25) is 5.10 Å². The Kier molecular flexibility index (Phi) is 1.77. The van der Waals surface area contributed by atoms with Crippen LogP contribution in [0.5, 0.6) is 0 Å². The fourth-order valence-electron chi connectivity index (χ4n) is 1.37. The van der Waals surface area contributed by atoms with Crippen LogP contribution in [0.2, 0.25) is 0 Å². The Morgan fingerprint density at radius 3 is 3.00 bits per heavy atom. The molecular weight excluding hydrogens is 169 g/mol. The van der Waals surface area contributed by atoms with Crippen molar-refractivity contribution in [3.05, 3.63) is 29.2 Å². The molecule has 1 heterocycles. The average molecular weight is 179 g/mol. The summed E-state index contributed by atoms with van der Waals surface area (Å²) in [5.74, 6) is -0.317. The van der Waals surface area contributed by atoms with Crippen molar-refractivity contribution in [3.63, 3.8) is 0 Å². The lowest BCUT2D eigenvalue weighted by molar-refractivity contribution is 0.634. The first kappa shape index (κ1) is 8.19. The van der Waals surface area contributed by atoms with Gasteiger partial charge in [-0.05, 0) is 24.6 Å². The van der Waals surface area contributed by atoms with Crippen molar-refractivity contribution in [2.45, 2.75) is 13.5 Å². The van der Waals surface area contributed by atoms with Crippen molar-refractivity contribution in [2.24, 2.45) is 5.73 Å². The number of fused-ring (bicyclic) bond motifs is 1. The third-order valence-corrected chi connectivity index (χ3v) is 2.10. The highest BCUT2D eigenvalue weighted by Crippen LogP contribution is 2.20. The summed E-state index contributed by atoms with van der Waals surface area (Å²) in [5.41, 5.74) is 7.47. The summed E-state index contributed by atoms with van der Waals surface area (Å²) in [7, 11) is 0. The number of nitrogens with two attached hydrogens (primary N) is 1. The van der Waals surface area contributed by atoms with Crippen LogP contribution in [-0.4, -0.2) is 10.2 Å². The zero-order valence-electron chi connectivity index (χ0n) is 7.26. The zero-order chi connectivity index (χ0) is 9.42. The maximum Gasteiger partial charge on any atom is 0.151 e. The molecule has 0 fully saturated rings. The van der Waals surface area contributed by atoms with E-state index < -0.39 is 0 Å². The summed E-state index contributed by atoms with van der Waals surface area (Å²) in [5, 5.41) is 7.40. The van der Waals surface area contributed by atoms with E-state index in [4.69, 9.17) is 5.73 Å². The molecule has 0 radical (unpaired) electrons. The van der Waals surface area contributed by atoms with Crippen molar-refractivity contribution in [2.75, 3.05) is 0 Å². The lowest BCUT2D eigenvalue weighted by Gasteiger charge is -1.97. The van der Waals surface area contributed by atoms with Gasteiger partial charge in [0.15, 0.2) is 5.82 Å². The summed E-state index contributed by atoms with van der Waals surface area (Å²) in [4.78, 5) is 0. The Bertz CT molecular complexity index is 447. The summed E-state index contributed by atoms with van der Waals surface area (Å²) in [6.45, 7) is 2.20. The predicted molar refractivity (Wildman–Crippen MR) is 48.7 cm³/mol. The number of nitrogens with zero attached hydrogens (tertiary/aromatic N) is 1. The third kappa shape index (κ3) is 1.19. The van der Waals surface area contributed by atoms with Gasteiger partial charge in [-0.25, -0.2) is 4.39 Å². The molecule has 0 amide bonds. The monoisotopic (exact) mass is 179 g/mol. The van der Waals surface area contributed by atoms with Crippen molar-refractivity contribution in [3.8, 4) is 0 Å². The van der Waals surface area contributed by atoms with Gasteiger partial charge in [0.05, 0.1) is 0 Å². The summed E-state index contributed by atoms with van der Waals surface area (Å²) in [6, 6.07) is 3.28. The summed E-state index contributed by atoms with van der Waals surface area (Å²) in [6.07, 6.45) is 0. The molecular formula is C9H10FN3. The van der Waals surface area contributed by atoms with Crippen molar-refractivity contribution in [1.29, 1.82) is 0 Å². The van der Waals surface area contributed by atoms with Gasteiger partial charge in [-0.15, -0.1) is 0 Å². The summed E-state index contributed by atoms with van der Waals surface area (Å²) >= 11 is 0. The number of hydrogen-bond acceptors (Lipinski definition) is 2. The van der Waals surface area contributed by atoms with E-state index >= 15 is 0 Å². The Labute approximate surface area is 74.7 Å². The smallest absolute Gasteiger partial charge is 0.151 e. The second-order valence-electron chi connectivity index (χ2n) is 3.03. The van der Waals surface area contributed by atoms with Crippen LogP contribution in [0.3, 0.4) is 0 Å². The maximum atomic E-state index is 13.3. The molecule has 68 valence electrons. The molecule has 0 bridgehead atoms. The fraction of sp³-hybridized carbons (Fsp3) is 0.222. The highest BCUT2D eigenvalue weighted by molar-refractivity contribution is 5.82. The number of nitrogens with one attached hydrogen (secondary N) is 1. The Balaban J connectivity index is 2.80. The fourth-order valence-corrected chi connectivity index (χ4v) is 1.37. The molecule has 4 heteroatoms. The Hall–Kier alpha value is -1.42. The molecule has 1 aromatic heterocycles. The van der Waals surface area contributed by atoms with Gasteiger partial charge >= 0.3 is 0 Å².